The quantitative estimate of drug-likeness (QED) is 0.761. The first-order valence-corrected chi connectivity index (χ1v) is 5.76. The molecule has 1 aliphatic rings. The number of hydrogen-bond acceptors (Lipinski definition) is 3. The first-order valence-electron chi connectivity index (χ1n) is 5.76. The Labute approximate surface area is 100 Å². The predicted molar refractivity (Wildman–Crippen MR) is 66.9 cm³/mol. The van der Waals surface area contributed by atoms with E-state index in [1.54, 1.807) is 15.9 Å². The molecule has 3 N–H and O–H groups in total. The smallest absolute Gasteiger partial charge is 0.324 e. The van der Waals surface area contributed by atoms with Crippen molar-refractivity contribution >= 4 is 17.4 Å². The third-order valence-corrected chi connectivity index (χ3v) is 2.91. The maximum atomic E-state index is 12.1. The number of hydrogen-bond donors (Lipinski definition) is 2. The number of rotatable bonds is 4. The normalized spacial score (nSPS) is 15.7. The molecule has 2 rings (SSSR count). The van der Waals surface area contributed by atoms with Crippen LogP contribution in [0, 0.1) is 0 Å². The number of aliphatic hydroxyl groups is 1. The SMILES string of the molecule is Nc1ccccc1N1CCN(CCCO)C1=O. The van der Waals surface area contributed by atoms with Gasteiger partial charge < -0.3 is 15.7 Å². The monoisotopic (exact) mass is 235 g/mol. The van der Waals surface area contributed by atoms with Gasteiger partial charge in [-0.15, -0.1) is 0 Å². The maximum Gasteiger partial charge on any atom is 0.324 e. The Kier molecular flexibility index (Phi) is 3.49. The molecule has 0 radical (unpaired) electrons. The van der Waals surface area contributed by atoms with Crippen LogP contribution in [-0.4, -0.2) is 42.3 Å². The summed E-state index contributed by atoms with van der Waals surface area (Å²) < 4.78 is 0. The molecule has 1 aliphatic heterocycles. The van der Waals surface area contributed by atoms with E-state index in [2.05, 4.69) is 0 Å². The molecule has 0 atom stereocenters. The molecule has 17 heavy (non-hydrogen) atoms. The van der Waals surface area contributed by atoms with Crippen LogP contribution in [0.25, 0.3) is 0 Å². The summed E-state index contributed by atoms with van der Waals surface area (Å²) >= 11 is 0. The Balaban J connectivity index is 2.10. The Hall–Kier alpha value is -1.75. The zero-order valence-electron chi connectivity index (χ0n) is 9.67. The topological polar surface area (TPSA) is 69.8 Å². The minimum Gasteiger partial charge on any atom is -0.397 e. The number of para-hydroxylation sites is 2. The summed E-state index contributed by atoms with van der Waals surface area (Å²) in [4.78, 5) is 15.5. The van der Waals surface area contributed by atoms with Gasteiger partial charge in [0.05, 0.1) is 11.4 Å². The summed E-state index contributed by atoms with van der Waals surface area (Å²) in [6.45, 7) is 2.04. The molecule has 0 aromatic heterocycles. The average molecular weight is 235 g/mol. The highest BCUT2D eigenvalue weighted by atomic mass is 16.3. The molecular weight excluding hydrogens is 218 g/mol. The lowest BCUT2D eigenvalue weighted by atomic mass is 10.2. The van der Waals surface area contributed by atoms with E-state index in [0.29, 0.717) is 31.7 Å². The molecule has 1 heterocycles. The van der Waals surface area contributed by atoms with E-state index in [1.165, 1.54) is 0 Å². The van der Waals surface area contributed by atoms with Crippen molar-refractivity contribution < 1.29 is 9.90 Å². The Morgan fingerprint density at radius 3 is 2.76 bits per heavy atom. The molecule has 92 valence electrons. The highest BCUT2D eigenvalue weighted by Crippen LogP contribution is 2.26. The fourth-order valence-electron chi connectivity index (χ4n) is 2.01. The van der Waals surface area contributed by atoms with Gasteiger partial charge >= 0.3 is 6.03 Å². The number of aliphatic hydroxyl groups excluding tert-OH is 1. The Morgan fingerprint density at radius 1 is 1.29 bits per heavy atom. The lowest BCUT2D eigenvalue weighted by Gasteiger charge is -2.19. The summed E-state index contributed by atoms with van der Waals surface area (Å²) in [6, 6.07) is 7.33. The van der Waals surface area contributed by atoms with Crippen molar-refractivity contribution in [1.29, 1.82) is 0 Å². The van der Waals surface area contributed by atoms with E-state index in [9.17, 15) is 4.79 Å². The largest absolute Gasteiger partial charge is 0.397 e. The lowest BCUT2D eigenvalue weighted by Crippen LogP contribution is -2.33. The molecule has 0 aliphatic carbocycles. The number of nitrogens with zero attached hydrogens (tertiary/aromatic N) is 2. The van der Waals surface area contributed by atoms with Crippen LogP contribution in [0.3, 0.4) is 0 Å². The summed E-state index contributed by atoms with van der Waals surface area (Å²) in [5.74, 6) is 0. The first kappa shape index (κ1) is 11.7. The number of carbonyl (C=O) groups excluding carboxylic acids is 1. The maximum absolute atomic E-state index is 12.1. The van der Waals surface area contributed by atoms with E-state index < -0.39 is 0 Å². The van der Waals surface area contributed by atoms with Crippen LogP contribution in [0.4, 0.5) is 16.2 Å². The van der Waals surface area contributed by atoms with E-state index in [1.807, 2.05) is 18.2 Å². The highest BCUT2D eigenvalue weighted by Gasteiger charge is 2.29. The average Bonchev–Trinajstić information content (AvgIpc) is 2.69. The van der Waals surface area contributed by atoms with Gasteiger partial charge in [0.15, 0.2) is 0 Å². The number of carbonyl (C=O) groups is 1. The van der Waals surface area contributed by atoms with Crippen molar-refractivity contribution in [2.45, 2.75) is 6.42 Å². The number of urea groups is 1. The number of nitrogen functional groups attached to an aromatic ring is 1. The molecule has 0 bridgehead atoms. The van der Waals surface area contributed by atoms with E-state index in [4.69, 9.17) is 10.8 Å². The summed E-state index contributed by atoms with van der Waals surface area (Å²) in [6.07, 6.45) is 0.615. The van der Waals surface area contributed by atoms with Crippen molar-refractivity contribution in [2.75, 3.05) is 36.9 Å². The van der Waals surface area contributed by atoms with Crippen LogP contribution in [0.1, 0.15) is 6.42 Å². The second-order valence-corrected chi connectivity index (χ2v) is 4.06. The highest BCUT2D eigenvalue weighted by molar-refractivity contribution is 5.97. The summed E-state index contributed by atoms with van der Waals surface area (Å²) in [5, 5.41) is 8.77. The number of amides is 2. The molecule has 1 aromatic carbocycles. The molecule has 0 unspecified atom stereocenters. The zero-order valence-corrected chi connectivity index (χ0v) is 9.67. The molecule has 5 heteroatoms. The molecule has 0 saturated carbocycles. The van der Waals surface area contributed by atoms with Crippen molar-refractivity contribution in [3.8, 4) is 0 Å². The number of nitrogens with two attached hydrogens (primary N) is 1. The van der Waals surface area contributed by atoms with Crippen molar-refractivity contribution in [1.82, 2.24) is 4.90 Å². The van der Waals surface area contributed by atoms with Crippen LogP contribution in [-0.2, 0) is 0 Å². The third kappa shape index (κ3) is 2.34. The third-order valence-electron chi connectivity index (χ3n) is 2.91. The van der Waals surface area contributed by atoms with Gasteiger partial charge in [-0.1, -0.05) is 12.1 Å². The minimum absolute atomic E-state index is 0.0312. The van der Waals surface area contributed by atoms with Gasteiger partial charge in [-0.25, -0.2) is 4.79 Å². The van der Waals surface area contributed by atoms with Crippen LogP contribution >= 0.6 is 0 Å². The summed E-state index contributed by atoms with van der Waals surface area (Å²) in [5.41, 5.74) is 7.24. The zero-order chi connectivity index (χ0) is 12.3. The van der Waals surface area contributed by atoms with Crippen LogP contribution in [0.15, 0.2) is 24.3 Å². The van der Waals surface area contributed by atoms with Gasteiger partial charge in [0.1, 0.15) is 0 Å². The molecule has 1 fully saturated rings. The van der Waals surface area contributed by atoms with E-state index in [0.717, 1.165) is 5.69 Å². The summed E-state index contributed by atoms with van der Waals surface area (Å²) in [7, 11) is 0. The van der Waals surface area contributed by atoms with Gasteiger partial charge in [-0.3, -0.25) is 4.90 Å². The van der Waals surface area contributed by atoms with Gasteiger partial charge in [-0.05, 0) is 18.6 Å². The predicted octanol–water partition coefficient (Wildman–Crippen LogP) is 0.893. The second-order valence-electron chi connectivity index (χ2n) is 4.06. The van der Waals surface area contributed by atoms with Crippen molar-refractivity contribution in [3.63, 3.8) is 0 Å². The van der Waals surface area contributed by atoms with Crippen LogP contribution in [0.2, 0.25) is 0 Å². The number of anilines is 2. The van der Waals surface area contributed by atoms with E-state index >= 15 is 0 Å². The van der Waals surface area contributed by atoms with Crippen molar-refractivity contribution in [2.24, 2.45) is 0 Å². The van der Waals surface area contributed by atoms with Crippen LogP contribution in [0.5, 0.6) is 0 Å². The second kappa shape index (κ2) is 5.05. The first-order chi connectivity index (χ1) is 8.24. The molecule has 5 nitrogen and oxygen atoms in total. The molecule has 2 amide bonds. The molecular formula is C12H17N3O2. The lowest BCUT2D eigenvalue weighted by molar-refractivity contribution is 0.211. The van der Waals surface area contributed by atoms with Gasteiger partial charge in [0, 0.05) is 26.2 Å². The van der Waals surface area contributed by atoms with E-state index in [-0.39, 0.29) is 12.6 Å². The standard InChI is InChI=1S/C12H17N3O2/c13-10-4-1-2-5-11(10)15-8-7-14(12(15)17)6-3-9-16/h1-2,4-5,16H,3,6-9,13H2. The fraction of sp³-hybridized carbons (Fsp3) is 0.417. The number of benzene rings is 1. The minimum atomic E-state index is -0.0312. The Morgan fingerprint density at radius 2 is 2.06 bits per heavy atom. The Bertz CT molecular complexity index is 408. The molecule has 1 saturated heterocycles. The van der Waals surface area contributed by atoms with Gasteiger partial charge in [0.25, 0.3) is 0 Å². The van der Waals surface area contributed by atoms with Crippen LogP contribution < -0.4 is 10.6 Å². The molecule has 1 aromatic rings. The van der Waals surface area contributed by atoms with Gasteiger partial charge in [0.2, 0.25) is 0 Å². The fourth-order valence-corrected chi connectivity index (χ4v) is 2.01. The van der Waals surface area contributed by atoms with Gasteiger partial charge in [-0.2, -0.15) is 0 Å². The van der Waals surface area contributed by atoms with Crippen molar-refractivity contribution in [3.05, 3.63) is 24.3 Å². The molecule has 0 spiro atoms.